The number of hydrogen-bond donors (Lipinski definition) is 5. The predicted molar refractivity (Wildman–Crippen MR) is 128 cm³/mol. The van der Waals surface area contributed by atoms with Crippen molar-refractivity contribution in [1.82, 2.24) is 20.4 Å². The standard InChI is InChI=1S/C24H33ClN4O5/c1-16-10-21(28-29(16)12-22(32)27-18(13-30)14-31)17-6-7-20(25)19(11-17)23(33)26-15-24(34)8-4-2-3-5-9-24/h6-7,10-11,18,30-31,34H,2-5,8-9,12-15H2,1H3,(H,26,33)(H,27,32). The quantitative estimate of drug-likeness (QED) is 0.338. The molecule has 0 saturated heterocycles. The highest BCUT2D eigenvalue weighted by molar-refractivity contribution is 6.34. The van der Waals surface area contributed by atoms with Gasteiger partial charge in [-0.25, -0.2) is 0 Å². The summed E-state index contributed by atoms with van der Waals surface area (Å²) < 4.78 is 1.51. The van der Waals surface area contributed by atoms with Gasteiger partial charge < -0.3 is 26.0 Å². The molecule has 0 bridgehead atoms. The lowest BCUT2D eigenvalue weighted by atomic mass is 9.94. The molecule has 10 heteroatoms. The van der Waals surface area contributed by atoms with Crippen LogP contribution < -0.4 is 10.6 Å². The van der Waals surface area contributed by atoms with E-state index in [0.717, 1.165) is 31.4 Å². The Hall–Kier alpha value is -2.46. The van der Waals surface area contributed by atoms with Crippen LogP contribution in [0.2, 0.25) is 5.02 Å². The molecule has 5 N–H and O–H groups in total. The lowest BCUT2D eigenvalue weighted by Gasteiger charge is -2.26. The van der Waals surface area contributed by atoms with Gasteiger partial charge in [0.2, 0.25) is 5.91 Å². The number of nitrogens with one attached hydrogen (secondary N) is 2. The summed E-state index contributed by atoms with van der Waals surface area (Å²) in [5, 5.41) is 39.2. The number of halogens is 1. The SMILES string of the molecule is Cc1cc(-c2ccc(Cl)c(C(=O)NCC3(O)CCCCCC3)c2)nn1CC(=O)NC(CO)CO. The molecular formula is C24H33ClN4O5. The van der Waals surface area contributed by atoms with Crippen molar-refractivity contribution in [3.05, 3.63) is 40.5 Å². The minimum atomic E-state index is -0.891. The molecule has 0 unspecified atom stereocenters. The molecule has 186 valence electrons. The van der Waals surface area contributed by atoms with Gasteiger partial charge in [0.25, 0.3) is 5.91 Å². The Labute approximate surface area is 204 Å². The fourth-order valence-corrected chi connectivity index (χ4v) is 4.34. The molecule has 0 radical (unpaired) electrons. The van der Waals surface area contributed by atoms with Crippen molar-refractivity contribution >= 4 is 23.4 Å². The topological polar surface area (TPSA) is 137 Å². The molecule has 2 amide bonds. The molecule has 1 saturated carbocycles. The zero-order valence-corrected chi connectivity index (χ0v) is 20.1. The normalized spacial score (nSPS) is 15.7. The summed E-state index contributed by atoms with van der Waals surface area (Å²) in [7, 11) is 0. The zero-order chi connectivity index (χ0) is 24.7. The number of aliphatic hydroxyl groups excluding tert-OH is 2. The summed E-state index contributed by atoms with van der Waals surface area (Å²) in [6.45, 7) is 1.17. The molecule has 1 heterocycles. The first-order valence-corrected chi connectivity index (χ1v) is 12.0. The fraction of sp³-hybridized carbons (Fsp3) is 0.542. The lowest BCUT2D eigenvalue weighted by Crippen LogP contribution is -2.42. The largest absolute Gasteiger partial charge is 0.394 e. The highest BCUT2D eigenvalue weighted by Gasteiger charge is 2.29. The van der Waals surface area contributed by atoms with Gasteiger partial charge >= 0.3 is 0 Å². The number of carbonyl (C=O) groups excluding carboxylic acids is 2. The molecule has 1 aliphatic carbocycles. The van der Waals surface area contributed by atoms with Crippen LogP contribution in [0.3, 0.4) is 0 Å². The minimum absolute atomic E-state index is 0.0815. The van der Waals surface area contributed by atoms with Crippen LogP contribution >= 0.6 is 11.6 Å². The first kappa shape index (κ1) is 26.2. The lowest BCUT2D eigenvalue weighted by molar-refractivity contribution is -0.123. The second-order valence-corrected chi connectivity index (χ2v) is 9.38. The summed E-state index contributed by atoms with van der Waals surface area (Å²) in [6.07, 6.45) is 5.43. The maximum absolute atomic E-state index is 12.9. The highest BCUT2D eigenvalue weighted by Crippen LogP contribution is 2.28. The molecule has 1 aliphatic rings. The number of carbonyl (C=O) groups is 2. The average Bonchev–Trinajstić information content (AvgIpc) is 3.03. The Kier molecular flexibility index (Phi) is 9.07. The van der Waals surface area contributed by atoms with Gasteiger partial charge in [-0.3, -0.25) is 14.3 Å². The Morgan fingerprint density at radius 1 is 1.15 bits per heavy atom. The Morgan fingerprint density at radius 3 is 2.47 bits per heavy atom. The summed E-state index contributed by atoms with van der Waals surface area (Å²) in [6, 6.07) is 6.09. The van der Waals surface area contributed by atoms with Gasteiger partial charge in [0.05, 0.1) is 41.1 Å². The van der Waals surface area contributed by atoms with Crippen LogP contribution in [0.5, 0.6) is 0 Å². The first-order valence-electron chi connectivity index (χ1n) is 11.6. The molecule has 2 aromatic rings. The van der Waals surface area contributed by atoms with E-state index in [1.54, 1.807) is 31.2 Å². The Morgan fingerprint density at radius 2 is 1.82 bits per heavy atom. The number of amides is 2. The summed E-state index contributed by atoms with van der Waals surface area (Å²) in [4.78, 5) is 25.1. The van der Waals surface area contributed by atoms with Crippen LogP contribution in [0.15, 0.2) is 24.3 Å². The second kappa shape index (κ2) is 11.8. The van der Waals surface area contributed by atoms with Gasteiger partial charge in [-0.05, 0) is 38.0 Å². The Bertz CT molecular complexity index is 997. The van der Waals surface area contributed by atoms with Gasteiger partial charge in [-0.15, -0.1) is 0 Å². The van der Waals surface area contributed by atoms with Crippen LogP contribution in [-0.4, -0.2) is 68.3 Å². The number of nitrogens with zero attached hydrogens (tertiary/aromatic N) is 2. The minimum Gasteiger partial charge on any atom is -0.394 e. The van der Waals surface area contributed by atoms with Crippen molar-refractivity contribution in [2.75, 3.05) is 19.8 Å². The van der Waals surface area contributed by atoms with Crippen LogP contribution in [0.25, 0.3) is 11.3 Å². The number of aryl methyl sites for hydroxylation is 1. The predicted octanol–water partition coefficient (Wildman–Crippen LogP) is 1.80. The molecule has 9 nitrogen and oxygen atoms in total. The monoisotopic (exact) mass is 492 g/mol. The summed E-state index contributed by atoms with van der Waals surface area (Å²) in [5.74, 6) is -0.752. The van der Waals surface area contributed by atoms with Gasteiger partial charge in [0.1, 0.15) is 6.54 Å². The van der Waals surface area contributed by atoms with E-state index in [1.165, 1.54) is 4.68 Å². The Balaban J connectivity index is 1.71. The first-order chi connectivity index (χ1) is 16.2. The zero-order valence-electron chi connectivity index (χ0n) is 19.4. The number of aromatic nitrogens is 2. The molecule has 1 fully saturated rings. The third kappa shape index (κ3) is 6.79. The molecule has 1 aromatic heterocycles. The van der Waals surface area contributed by atoms with Crippen molar-refractivity contribution in [1.29, 1.82) is 0 Å². The van der Waals surface area contributed by atoms with E-state index >= 15 is 0 Å². The van der Waals surface area contributed by atoms with E-state index in [0.29, 0.717) is 29.1 Å². The number of aliphatic hydroxyl groups is 3. The number of hydrogen-bond acceptors (Lipinski definition) is 6. The van der Waals surface area contributed by atoms with Gasteiger partial charge in [0.15, 0.2) is 0 Å². The van der Waals surface area contributed by atoms with Crippen molar-refractivity contribution < 1.29 is 24.9 Å². The van der Waals surface area contributed by atoms with E-state index in [1.807, 2.05) is 0 Å². The van der Waals surface area contributed by atoms with Gasteiger partial charge in [-0.1, -0.05) is 43.4 Å². The van der Waals surface area contributed by atoms with Gasteiger partial charge in [-0.2, -0.15) is 5.10 Å². The van der Waals surface area contributed by atoms with Gasteiger partial charge in [0, 0.05) is 17.8 Å². The second-order valence-electron chi connectivity index (χ2n) is 8.97. The highest BCUT2D eigenvalue weighted by atomic mass is 35.5. The molecule has 0 aliphatic heterocycles. The average molecular weight is 493 g/mol. The van der Waals surface area contributed by atoms with E-state index < -0.39 is 17.6 Å². The molecule has 1 aromatic carbocycles. The maximum Gasteiger partial charge on any atom is 0.252 e. The number of benzene rings is 1. The molecular weight excluding hydrogens is 460 g/mol. The van der Waals surface area contributed by atoms with Crippen molar-refractivity contribution in [3.63, 3.8) is 0 Å². The third-order valence-corrected chi connectivity index (χ3v) is 6.53. The third-order valence-electron chi connectivity index (χ3n) is 6.20. The van der Waals surface area contributed by atoms with Crippen LogP contribution in [-0.2, 0) is 11.3 Å². The van der Waals surface area contributed by atoms with Crippen LogP contribution in [0.1, 0.15) is 54.6 Å². The number of rotatable bonds is 9. The molecule has 0 atom stereocenters. The molecule has 0 spiro atoms. The summed E-state index contributed by atoms with van der Waals surface area (Å²) in [5.41, 5.74) is 1.35. The molecule has 3 rings (SSSR count). The van der Waals surface area contributed by atoms with E-state index in [2.05, 4.69) is 15.7 Å². The van der Waals surface area contributed by atoms with Crippen molar-refractivity contribution in [2.45, 2.75) is 63.6 Å². The van der Waals surface area contributed by atoms with Crippen LogP contribution in [0, 0.1) is 6.92 Å². The van der Waals surface area contributed by atoms with E-state index in [-0.39, 0.29) is 37.8 Å². The van der Waals surface area contributed by atoms with Crippen molar-refractivity contribution in [2.24, 2.45) is 0 Å². The van der Waals surface area contributed by atoms with Crippen molar-refractivity contribution in [3.8, 4) is 11.3 Å². The maximum atomic E-state index is 12.9. The van der Waals surface area contributed by atoms with Crippen LogP contribution in [0.4, 0.5) is 0 Å². The summed E-state index contributed by atoms with van der Waals surface area (Å²) >= 11 is 6.30. The smallest absolute Gasteiger partial charge is 0.252 e. The molecule has 34 heavy (non-hydrogen) atoms. The fourth-order valence-electron chi connectivity index (χ4n) is 4.13. The van der Waals surface area contributed by atoms with E-state index in [9.17, 15) is 14.7 Å². The van der Waals surface area contributed by atoms with E-state index in [4.69, 9.17) is 21.8 Å².